The molecule has 110 valence electrons. The lowest BCUT2D eigenvalue weighted by Crippen LogP contribution is -2.47. The van der Waals surface area contributed by atoms with Gasteiger partial charge in [-0.3, -0.25) is 4.79 Å². The minimum atomic E-state index is -4.07. The summed E-state index contributed by atoms with van der Waals surface area (Å²) in [5.41, 5.74) is -1.01. The Labute approximate surface area is 116 Å². The van der Waals surface area contributed by atoms with Crippen molar-refractivity contribution in [3.8, 4) is 0 Å². The van der Waals surface area contributed by atoms with Gasteiger partial charge in [-0.2, -0.15) is 0 Å². The molecule has 20 heavy (non-hydrogen) atoms. The van der Waals surface area contributed by atoms with Gasteiger partial charge in [0.05, 0.1) is 6.42 Å². The number of benzene rings is 1. The molecule has 0 atom stereocenters. The summed E-state index contributed by atoms with van der Waals surface area (Å²) in [7, 11) is -4.07. The molecule has 0 radical (unpaired) electrons. The number of nitrogens with one attached hydrogen (secondary N) is 1. The number of carboxylic acid groups (broad SMARTS) is 1. The molecule has 1 aromatic rings. The van der Waals surface area contributed by atoms with Gasteiger partial charge in [-0.05, 0) is 25.0 Å². The summed E-state index contributed by atoms with van der Waals surface area (Å²) in [5.74, 6) is -1.91. The van der Waals surface area contributed by atoms with Crippen LogP contribution in [0.5, 0.6) is 0 Å². The van der Waals surface area contributed by atoms with Gasteiger partial charge in [-0.25, -0.2) is 17.5 Å². The molecule has 1 saturated carbocycles. The van der Waals surface area contributed by atoms with Crippen LogP contribution in [-0.2, 0) is 14.8 Å². The number of aliphatic carboxylic acids is 1. The van der Waals surface area contributed by atoms with Crippen molar-refractivity contribution in [2.45, 2.75) is 42.5 Å². The maximum absolute atomic E-state index is 13.6. The molecule has 1 aliphatic rings. The zero-order valence-corrected chi connectivity index (χ0v) is 11.6. The highest BCUT2D eigenvalue weighted by atomic mass is 32.2. The smallest absolute Gasteiger partial charge is 0.305 e. The Kier molecular flexibility index (Phi) is 4.10. The molecule has 5 nitrogen and oxygen atoms in total. The number of carboxylic acids is 1. The molecule has 0 bridgehead atoms. The standard InChI is InChI=1S/C13H16FNO4S/c14-10-5-1-2-6-11(10)20(18,19)15-13(9-12(16)17)7-3-4-8-13/h1-2,5-6,15H,3-4,7-9H2,(H,16,17). The van der Waals surface area contributed by atoms with Gasteiger partial charge in [0.25, 0.3) is 0 Å². The number of halogens is 1. The molecule has 0 amide bonds. The summed E-state index contributed by atoms with van der Waals surface area (Å²) >= 11 is 0. The molecular formula is C13H16FNO4S. The molecule has 1 aromatic carbocycles. The first kappa shape index (κ1) is 14.9. The van der Waals surface area contributed by atoms with Crippen molar-refractivity contribution in [1.82, 2.24) is 4.72 Å². The molecule has 0 aliphatic heterocycles. The quantitative estimate of drug-likeness (QED) is 0.870. The van der Waals surface area contributed by atoms with E-state index in [1.807, 2.05) is 0 Å². The molecule has 7 heteroatoms. The first-order chi connectivity index (χ1) is 9.35. The Morgan fingerprint density at radius 2 is 1.90 bits per heavy atom. The van der Waals surface area contributed by atoms with E-state index in [2.05, 4.69) is 4.72 Å². The molecular weight excluding hydrogens is 285 g/mol. The van der Waals surface area contributed by atoms with Crippen molar-refractivity contribution in [2.75, 3.05) is 0 Å². The highest BCUT2D eigenvalue weighted by molar-refractivity contribution is 7.89. The Balaban J connectivity index is 2.31. The maximum atomic E-state index is 13.6. The van der Waals surface area contributed by atoms with Gasteiger partial charge in [-0.1, -0.05) is 25.0 Å². The third-order valence-corrected chi connectivity index (χ3v) is 5.14. The zero-order chi connectivity index (χ0) is 14.8. The number of carbonyl (C=O) groups is 1. The third-order valence-electron chi connectivity index (χ3n) is 3.53. The minimum absolute atomic E-state index is 0.291. The highest BCUT2D eigenvalue weighted by Crippen LogP contribution is 2.34. The summed E-state index contributed by atoms with van der Waals surface area (Å²) in [6.07, 6.45) is 2.13. The van der Waals surface area contributed by atoms with Crippen molar-refractivity contribution in [2.24, 2.45) is 0 Å². The second-order valence-electron chi connectivity index (χ2n) is 5.09. The first-order valence-corrected chi connectivity index (χ1v) is 7.83. The predicted molar refractivity (Wildman–Crippen MR) is 70.2 cm³/mol. The van der Waals surface area contributed by atoms with E-state index in [9.17, 15) is 17.6 Å². The minimum Gasteiger partial charge on any atom is -0.481 e. The van der Waals surface area contributed by atoms with E-state index in [4.69, 9.17) is 5.11 Å². The Morgan fingerprint density at radius 1 is 1.30 bits per heavy atom. The first-order valence-electron chi connectivity index (χ1n) is 6.35. The lowest BCUT2D eigenvalue weighted by Gasteiger charge is -2.28. The van der Waals surface area contributed by atoms with Gasteiger partial charge in [-0.15, -0.1) is 0 Å². The maximum Gasteiger partial charge on any atom is 0.305 e. The number of hydrogen-bond acceptors (Lipinski definition) is 3. The Bertz CT molecular complexity index is 609. The van der Waals surface area contributed by atoms with Crippen molar-refractivity contribution < 1.29 is 22.7 Å². The van der Waals surface area contributed by atoms with E-state index in [-0.39, 0.29) is 6.42 Å². The normalized spacial score (nSPS) is 18.1. The Hall–Kier alpha value is -1.47. The molecule has 0 spiro atoms. The molecule has 0 saturated heterocycles. The summed E-state index contributed by atoms with van der Waals surface area (Å²) < 4.78 is 40.5. The van der Waals surface area contributed by atoms with Crippen molar-refractivity contribution >= 4 is 16.0 Å². The summed E-state index contributed by atoms with van der Waals surface area (Å²) in [6, 6.07) is 5.06. The van der Waals surface area contributed by atoms with E-state index >= 15 is 0 Å². The lowest BCUT2D eigenvalue weighted by atomic mass is 9.95. The van der Waals surface area contributed by atoms with Gasteiger partial charge in [0.1, 0.15) is 10.7 Å². The van der Waals surface area contributed by atoms with Crippen LogP contribution in [0.25, 0.3) is 0 Å². The fourth-order valence-electron chi connectivity index (χ4n) is 2.66. The van der Waals surface area contributed by atoms with Crippen molar-refractivity contribution in [3.63, 3.8) is 0 Å². The third kappa shape index (κ3) is 3.16. The van der Waals surface area contributed by atoms with E-state index in [1.54, 1.807) is 0 Å². The van der Waals surface area contributed by atoms with Crippen LogP contribution in [0.2, 0.25) is 0 Å². The van der Waals surface area contributed by atoms with Gasteiger partial charge in [0.2, 0.25) is 10.0 Å². The molecule has 0 unspecified atom stereocenters. The van der Waals surface area contributed by atoms with E-state index < -0.39 is 32.2 Å². The van der Waals surface area contributed by atoms with E-state index in [0.29, 0.717) is 12.8 Å². The van der Waals surface area contributed by atoms with Crippen LogP contribution < -0.4 is 4.72 Å². The molecule has 0 aromatic heterocycles. The Morgan fingerprint density at radius 3 is 2.45 bits per heavy atom. The van der Waals surface area contributed by atoms with Crippen LogP contribution in [0, 0.1) is 5.82 Å². The SMILES string of the molecule is O=C(O)CC1(NS(=O)(=O)c2ccccc2F)CCCC1. The highest BCUT2D eigenvalue weighted by Gasteiger charge is 2.40. The second-order valence-corrected chi connectivity index (χ2v) is 6.74. The predicted octanol–water partition coefficient (Wildman–Crippen LogP) is 1.89. The van der Waals surface area contributed by atoms with Gasteiger partial charge >= 0.3 is 5.97 Å². The topological polar surface area (TPSA) is 83.5 Å². The van der Waals surface area contributed by atoms with Gasteiger partial charge in [0.15, 0.2) is 0 Å². The molecule has 2 N–H and O–H groups in total. The fraction of sp³-hybridized carbons (Fsp3) is 0.462. The van der Waals surface area contributed by atoms with E-state index in [1.165, 1.54) is 18.2 Å². The number of hydrogen-bond donors (Lipinski definition) is 2. The average molecular weight is 301 g/mol. The molecule has 0 heterocycles. The second kappa shape index (κ2) is 5.49. The van der Waals surface area contributed by atoms with Crippen LogP contribution in [0.15, 0.2) is 29.2 Å². The van der Waals surface area contributed by atoms with E-state index in [0.717, 1.165) is 18.9 Å². The van der Waals surface area contributed by atoms with Crippen molar-refractivity contribution in [1.29, 1.82) is 0 Å². The number of rotatable bonds is 5. The fourth-order valence-corrected chi connectivity index (χ4v) is 4.20. The molecule has 2 rings (SSSR count). The molecule has 1 aliphatic carbocycles. The van der Waals surface area contributed by atoms with Gasteiger partial charge in [0, 0.05) is 5.54 Å². The van der Waals surface area contributed by atoms with Crippen LogP contribution in [0.4, 0.5) is 4.39 Å². The summed E-state index contributed by atoms with van der Waals surface area (Å²) in [5, 5.41) is 8.95. The van der Waals surface area contributed by atoms with Crippen LogP contribution >= 0.6 is 0 Å². The lowest BCUT2D eigenvalue weighted by molar-refractivity contribution is -0.138. The molecule has 1 fully saturated rings. The van der Waals surface area contributed by atoms with Crippen LogP contribution in [-0.4, -0.2) is 25.0 Å². The van der Waals surface area contributed by atoms with Crippen molar-refractivity contribution in [3.05, 3.63) is 30.1 Å². The van der Waals surface area contributed by atoms with Crippen LogP contribution in [0.3, 0.4) is 0 Å². The number of sulfonamides is 1. The average Bonchev–Trinajstić information content (AvgIpc) is 2.75. The van der Waals surface area contributed by atoms with Crippen LogP contribution in [0.1, 0.15) is 32.1 Å². The summed E-state index contributed by atoms with van der Waals surface area (Å²) in [6.45, 7) is 0. The monoisotopic (exact) mass is 301 g/mol. The van der Waals surface area contributed by atoms with Gasteiger partial charge < -0.3 is 5.11 Å². The summed E-state index contributed by atoms with van der Waals surface area (Å²) in [4.78, 5) is 10.5. The zero-order valence-electron chi connectivity index (χ0n) is 10.8. The largest absolute Gasteiger partial charge is 0.481 e.